The standard InChI is InChI=1S/C13H12N2O4S/c1-19-13(16)10-4-2-3-5-11(10)14-7-9-6-12(15(17)18)20-8-9/h2-6,8,14H,7H2,1H3. The number of esters is 1. The van der Waals surface area contributed by atoms with Gasteiger partial charge < -0.3 is 10.1 Å². The van der Waals surface area contributed by atoms with Crippen LogP contribution in [0, 0.1) is 10.1 Å². The number of carbonyl (C=O) groups is 1. The highest BCUT2D eigenvalue weighted by atomic mass is 32.1. The van der Waals surface area contributed by atoms with Crippen LogP contribution in [0.15, 0.2) is 35.7 Å². The zero-order valence-electron chi connectivity index (χ0n) is 10.7. The third kappa shape index (κ3) is 3.12. The molecule has 1 aromatic heterocycles. The van der Waals surface area contributed by atoms with Crippen molar-refractivity contribution in [1.82, 2.24) is 0 Å². The van der Waals surface area contributed by atoms with Gasteiger partial charge in [-0.25, -0.2) is 4.79 Å². The van der Waals surface area contributed by atoms with Gasteiger partial charge in [0.2, 0.25) is 0 Å². The van der Waals surface area contributed by atoms with Crippen molar-refractivity contribution in [2.75, 3.05) is 12.4 Å². The first kappa shape index (κ1) is 14.0. The summed E-state index contributed by atoms with van der Waals surface area (Å²) in [5.41, 5.74) is 1.86. The van der Waals surface area contributed by atoms with E-state index in [-0.39, 0.29) is 5.00 Å². The summed E-state index contributed by atoms with van der Waals surface area (Å²) < 4.78 is 4.70. The van der Waals surface area contributed by atoms with Gasteiger partial charge in [0.1, 0.15) is 0 Å². The number of anilines is 1. The van der Waals surface area contributed by atoms with Crippen LogP contribution >= 0.6 is 11.3 Å². The molecule has 0 saturated heterocycles. The molecule has 0 radical (unpaired) electrons. The molecule has 0 amide bonds. The fraction of sp³-hybridized carbons (Fsp3) is 0.154. The van der Waals surface area contributed by atoms with Crippen LogP contribution < -0.4 is 5.32 Å². The number of hydrogen-bond donors (Lipinski definition) is 1. The molecular formula is C13H12N2O4S. The first-order chi connectivity index (χ1) is 9.61. The van der Waals surface area contributed by atoms with E-state index in [0.717, 1.165) is 16.9 Å². The van der Waals surface area contributed by atoms with Crippen molar-refractivity contribution < 1.29 is 14.5 Å². The van der Waals surface area contributed by atoms with Gasteiger partial charge in [-0.3, -0.25) is 10.1 Å². The van der Waals surface area contributed by atoms with Gasteiger partial charge in [-0.1, -0.05) is 23.5 Å². The van der Waals surface area contributed by atoms with Crippen LogP contribution in [0.25, 0.3) is 0 Å². The highest BCUT2D eigenvalue weighted by Crippen LogP contribution is 2.24. The number of nitrogens with one attached hydrogen (secondary N) is 1. The first-order valence-corrected chi connectivity index (χ1v) is 6.63. The van der Waals surface area contributed by atoms with Crippen molar-refractivity contribution in [3.05, 3.63) is 57.0 Å². The maximum Gasteiger partial charge on any atom is 0.339 e. The van der Waals surface area contributed by atoms with E-state index in [1.165, 1.54) is 13.2 Å². The Morgan fingerprint density at radius 2 is 2.20 bits per heavy atom. The van der Waals surface area contributed by atoms with Crippen LogP contribution in [0.4, 0.5) is 10.7 Å². The number of para-hydroxylation sites is 1. The molecule has 104 valence electrons. The molecule has 20 heavy (non-hydrogen) atoms. The zero-order chi connectivity index (χ0) is 14.5. The van der Waals surface area contributed by atoms with E-state index in [0.29, 0.717) is 17.8 Å². The number of nitro groups is 1. The van der Waals surface area contributed by atoms with Crippen molar-refractivity contribution in [1.29, 1.82) is 0 Å². The summed E-state index contributed by atoms with van der Waals surface area (Å²) >= 11 is 1.08. The number of nitrogens with zero attached hydrogens (tertiary/aromatic N) is 1. The molecule has 0 fully saturated rings. The second kappa shape index (κ2) is 6.16. The second-order valence-electron chi connectivity index (χ2n) is 3.94. The van der Waals surface area contributed by atoms with Crippen LogP contribution in [0.2, 0.25) is 0 Å². The number of rotatable bonds is 5. The largest absolute Gasteiger partial charge is 0.465 e. The fourth-order valence-electron chi connectivity index (χ4n) is 1.67. The van der Waals surface area contributed by atoms with Crippen LogP contribution in [0.5, 0.6) is 0 Å². The quantitative estimate of drug-likeness (QED) is 0.520. The molecule has 0 aliphatic carbocycles. The minimum atomic E-state index is -0.426. The number of hydrogen-bond acceptors (Lipinski definition) is 6. The summed E-state index contributed by atoms with van der Waals surface area (Å²) in [7, 11) is 1.32. The van der Waals surface area contributed by atoms with Gasteiger partial charge >= 0.3 is 11.0 Å². The van der Waals surface area contributed by atoms with Crippen molar-refractivity contribution in [2.45, 2.75) is 6.54 Å². The smallest absolute Gasteiger partial charge is 0.339 e. The summed E-state index contributed by atoms with van der Waals surface area (Å²) in [5, 5.41) is 15.5. The Kier molecular flexibility index (Phi) is 4.31. The average Bonchev–Trinajstić information content (AvgIpc) is 2.93. The van der Waals surface area contributed by atoms with Crippen molar-refractivity contribution in [3.63, 3.8) is 0 Å². The predicted octanol–water partition coefficient (Wildman–Crippen LogP) is 3.06. The molecule has 1 heterocycles. The summed E-state index contributed by atoms with van der Waals surface area (Å²) in [6.07, 6.45) is 0. The maximum atomic E-state index is 11.6. The summed E-state index contributed by atoms with van der Waals surface area (Å²) in [4.78, 5) is 21.8. The van der Waals surface area contributed by atoms with E-state index >= 15 is 0 Å². The molecule has 0 atom stereocenters. The Balaban J connectivity index is 2.10. The Morgan fingerprint density at radius 1 is 1.45 bits per heavy atom. The van der Waals surface area contributed by atoms with E-state index in [1.54, 1.807) is 29.6 Å². The number of thiophene rings is 1. The fourth-order valence-corrected chi connectivity index (χ4v) is 2.40. The van der Waals surface area contributed by atoms with Gasteiger partial charge in [-0.15, -0.1) is 0 Å². The topological polar surface area (TPSA) is 81.5 Å². The molecule has 1 N–H and O–H groups in total. The minimum Gasteiger partial charge on any atom is -0.465 e. The Labute approximate surface area is 119 Å². The van der Waals surface area contributed by atoms with Gasteiger partial charge in [0.25, 0.3) is 0 Å². The molecule has 0 aliphatic rings. The molecule has 7 heteroatoms. The SMILES string of the molecule is COC(=O)c1ccccc1NCc1csc([N+](=O)[O-])c1. The molecule has 0 spiro atoms. The van der Waals surface area contributed by atoms with Gasteiger partial charge in [-0.05, 0) is 17.7 Å². The zero-order valence-corrected chi connectivity index (χ0v) is 11.5. The number of benzene rings is 1. The maximum absolute atomic E-state index is 11.6. The lowest BCUT2D eigenvalue weighted by Gasteiger charge is -2.09. The van der Waals surface area contributed by atoms with Crippen molar-refractivity contribution >= 4 is 28.0 Å². The van der Waals surface area contributed by atoms with Gasteiger partial charge in [0, 0.05) is 23.7 Å². The van der Waals surface area contributed by atoms with Gasteiger partial charge in [0.05, 0.1) is 17.6 Å². The first-order valence-electron chi connectivity index (χ1n) is 5.75. The summed E-state index contributed by atoms with van der Waals surface area (Å²) in [6, 6.07) is 8.47. The van der Waals surface area contributed by atoms with E-state index in [9.17, 15) is 14.9 Å². The van der Waals surface area contributed by atoms with E-state index < -0.39 is 10.9 Å². The van der Waals surface area contributed by atoms with Crippen LogP contribution in [-0.4, -0.2) is 18.0 Å². The second-order valence-corrected chi connectivity index (χ2v) is 4.83. The molecule has 2 aromatic rings. The monoisotopic (exact) mass is 292 g/mol. The Morgan fingerprint density at radius 3 is 2.85 bits per heavy atom. The molecule has 6 nitrogen and oxygen atoms in total. The van der Waals surface area contributed by atoms with Crippen LogP contribution in [0.1, 0.15) is 15.9 Å². The minimum absolute atomic E-state index is 0.100. The molecule has 0 bridgehead atoms. The lowest BCUT2D eigenvalue weighted by atomic mass is 10.1. The lowest BCUT2D eigenvalue weighted by molar-refractivity contribution is -0.380. The highest BCUT2D eigenvalue weighted by Gasteiger charge is 2.12. The molecule has 2 rings (SSSR count). The predicted molar refractivity (Wildman–Crippen MR) is 76.1 cm³/mol. The molecule has 0 aliphatic heterocycles. The molecular weight excluding hydrogens is 280 g/mol. The lowest BCUT2D eigenvalue weighted by Crippen LogP contribution is -2.07. The normalized spacial score (nSPS) is 10.1. The molecule has 0 saturated carbocycles. The number of ether oxygens (including phenoxy) is 1. The molecule has 0 unspecified atom stereocenters. The third-order valence-corrected chi connectivity index (χ3v) is 3.56. The summed E-state index contributed by atoms with van der Waals surface area (Å²) in [6.45, 7) is 0.401. The van der Waals surface area contributed by atoms with E-state index in [1.807, 2.05) is 0 Å². The van der Waals surface area contributed by atoms with E-state index in [2.05, 4.69) is 5.32 Å². The molecule has 1 aromatic carbocycles. The Hall–Kier alpha value is -2.41. The van der Waals surface area contributed by atoms with Crippen molar-refractivity contribution in [2.24, 2.45) is 0 Å². The van der Waals surface area contributed by atoms with Gasteiger partial charge in [0.15, 0.2) is 0 Å². The number of methoxy groups -OCH3 is 1. The third-order valence-electron chi connectivity index (χ3n) is 2.64. The van der Waals surface area contributed by atoms with Crippen LogP contribution in [0.3, 0.4) is 0 Å². The summed E-state index contributed by atoms with van der Waals surface area (Å²) in [5.74, 6) is -0.426. The number of carbonyl (C=O) groups excluding carboxylic acids is 1. The van der Waals surface area contributed by atoms with Crippen molar-refractivity contribution in [3.8, 4) is 0 Å². The van der Waals surface area contributed by atoms with E-state index in [4.69, 9.17) is 4.74 Å². The van der Waals surface area contributed by atoms with Crippen LogP contribution in [-0.2, 0) is 11.3 Å². The average molecular weight is 292 g/mol. The highest BCUT2D eigenvalue weighted by molar-refractivity contribution is 7.13. The Bertz CT molecular complexity index is 639. The van der Waals surface area contributed by atoms with Gasteiger partial charge in [-0.2, -0.15) is 0 Å².